The van der Waals surface area contributed by atoms with Crippen molar-refractivity contribution in [2.45, 2.75) is 52.0 Å². The number of ether oxygens (including phenoxy) is 1. The molecule has 0 aromatic heterocycles. The highest BCUT2D eigenvalue weighted by molar-refractivity contribution is 5.71. The number of carbonyl (C=O) groups is 1. The van der Waals surface area contributed by atoms with Crippen LogP contribution >= 0.6 is 0 Å². The van der Waals surface area contributed by atoms with Crippen molar-refractivity contribution in [3.8, 4) is 0 Å². The smallest absolute Gasteiger partial charge is 0.319 e. The van der Waals surface area contributed by atoms with E-state index in [1.54, 1.807) is 0 Å². The third-order valence-electron chi connectivity index (χ3n) is 2.99. The minimum atomic E-state index is -0.108. The maximum absolute atomic E-state index is 11.3. The summed E-state index contributed by atoms with van der Waals surface area (Å²) in [5.41, 5.74) is 0. The maximum Gasteiger partial charge on any atom is 0.319 e. The van der Waals surface area contributed by atoms with Crippen LogP contribution in [-0.4, -0.2) is 25.2 Å². The molecule has 3 heteroatoms. The van der Waals surface area contributed by atoms with Crippen LogP contribution in [0.1, 0.15) is 46.0 Å². The Bertz CT molecular complexity index is 194. The lowest BCUT2D eigenvalue weighted by molar-refractivity contribution is -0.142. The quantitative estimate of drug-likeness (QED) is 0.542. The Morgan fingerprint density at radius 1 is 1.47 bits per heavy atom. The van der Waals surface area contributed by atoms with Crippen LogP contribution in [0.15, 0.2) is 0 Å². The average molecular weight is 213 g/mol. The van der Waals surface area contributed by atoms with Crippen LogP contribution in [0.4, 0.5) is 0 Å². The van der Waals surface area contributed by atoms with E-state index in [0.29, 0.717) is 19.2 Å². The molecule has 1 fully saturated rings. The van der Waals surface area contributed by atoms with Crippen molar-refractivity contribution in [2.75, 3.05) is 13.2 Å². The van der Waals surface area contributed by atoms with Gasteiger partial charge in [0.05, 0.1) is 13.2 Å². The fourth-order valence-electron chi connectivity index (χ4n) is 2.00. The Kier molecular flexibility index (Phi) is 5.69. The molecule has 0 aliphatic heterocycles. The van der Waals surface area contributed by atoms with Crippen LogP contribution in [0.3, 0.4) is 0 Å². The summed E-state index contributed by atoms with van der Waals surface area (Å²) >= 11 is 0. The van der Waals surface area contributed by atoms with E-state index < -0.39 is 0 Å². The van der Waals surface area contributed by atoms with Crippen molar-refractivity contribution < 1.29 is 9.53 Å². The van der Waals surface area contributed by atoms with Crippen LogP contribution in [0.5, 0.6) is 0 Å². The summed E-state index contributed by atoms with van der Waals surface area (Å²) in [5.74, 6) is 0.696. The van der Waals surface area contributed by atoms with Gasteiger partial charge in [0.1, 0.15) is 0 Å². The Hall–Kier alpha value is -0.570. The summed E-state index contributed by atoms with van der Waals surface area (Å²) < 4.78 is 5.07. The lowest BCUT2D eigenvalue weighted by Crippen LogP contribution is -2.32. The van der Waals surface area contributed by atoms with Crippen molar-refractivity contribution in [1.82, 2.24) is 5.32 Å². The summed E-state index contributed by atoms with van der Waals surface area (Å²) in [6, 6.07) is 0.527. The fraction of sp³-hybridized carbons (Fsp3) is 0.917. The molecule has 1 aliphatic rings. The molecule has 2 atom stereocenters. The zero-order valence-corrected chi connectivity index (χ0v) is 9.92. The first-order chi connectivity index (χ1) is 7.22. The second-order valence-electron chi connectivity index (χ2n) is 4.57. The monoisotopic (exact) mass is 213 g/mol. The lowest BCUT2D eigenvalue weighted by Gasteiger charge is -2.11. The van der Waals surface area contributed by atoms with Gasteiger partial charge in [-0.15, -0.1) is 0 Å². The third-order valence-corrected chi connectivity index (χ3v) is 2.99. The summed E-state index contributed by atoms with van der Waals surface area (Å²) in [5, 5.41) is 3.26. The number of nitrogens with one attached hydrogen (secondary N) is 1. The standard InChI is InChI=1S/C12H23NO2/c1-3-4-7-15-12(14)9-13-11-6-5-10(2)8-11/h10-11,13H,3-9H2,1-2H3. The SMILES string of the molecule is CCCCOC(=O)CNC1CCC(C)C1. The molecule has 15 heavy (non-hydrogen) atoms. The molecule has 0 radical (unpaired) electrons. The molecule has 0 bridgehead atoms. The summed E-state index contributed by atoms with van der Waals surface area (Å²) in [6.07, 6.45) is 5.71. The molecule has 1 saturated carbocycles. The van der Waals surface area contributed by atoms with E-state index in [2.05, 4.69) is 19.2 Å². The summed E-state index contributed by atoms with van der Waals surface area (Å²) in [4.78, 5) is 11.3. The van der Waals surface area contributed by atoms with Crippen molar-refractivity contribution in [3.63, 3.8) is 0 Å². The normalized spacial score (nSPS) is 25.5. The van der Waals surface area contributed by atoms with E-state index in [9.17, 15) is 4.79 Å². The number of hydrogen-bond donors (Lipinski definition) is 1. The lowest BCUT2D eigenvalue weighted by atomic mass is 10.1. The van der Waals surface area contributed by atoms with Crippen LogP contribution in [0.25, 0.3) is 0 Å². The molecule has 0 saturated heterocycles. The minimum Gasteiger partial charge on any atom is -0.465 e. The third kappa shape index (κ3) is 5.17. The van der Waals surface area contributed by atoms with Crippen molar-refractivity contribution in [2.24, 2.45) is 5.92 Å². The van der Waals surface area contributed by atoms with Crippen molar-refractivity contribution in [3.05, 3.63) is 0 Å². The van der Waals surface area contributed by atoms with E-state index >= 15 is 0 Å². The van der Waals surface area contributed by atoms with Gasteiger partial charge in [0.15, 0.2) is 0 Å². The molecule has 0 aromatic rings. The van der Waals surface area contributed by atoms with Crippen LogP contribution in [0.2, 0.25) is 0 Å². The van der Waals surface area contributed by atoms with Gasteiger partial charge in [0.2, 0.25) is 0 Å². The molecule has 0 amide bonds. The van der Waals surface area contributed by atoms with Gasteiger partial charge < -0.3 is 10.1 Å². The van der Waals surface area contributed by atoms with Gasteiger partial charge in [-0.3, -0.25) is 4.79 Å². The largest absolute Gasteiger partial charge is 0.465 e. The molecule has 0 aromatic carbocycles. The Morgan fingerprint density at radius 2 is 2.27 bits per heavy atom. The molecular formula is C12H23NO2. The topological polar surface area (TPSA) is 38.3 Å². The molecular weight excluding hydrogens is 190 g/mol. The zero-order chi connectivity index (χ0) is 11.1. The summed E-state index contributed by atoms with van der Waals surface area (Å²) in [6.45, 7) is 5.30. The first-order valence-corrected chi connectivity index (χ1v) is 6.11. The predicted octanol–water partition coefficient (Wildman–Crippen LogP) is 2.11. The molecule has 0 heterocycles. The zero-order valence-electron chi connectivity index (χ0n) is 9.92. The van der Waals surface area contributed by atoms with Gasteiger partial charge in [-0.25, -0.2) is 0 Å². The summed E-state index contributed by atoms with van der Waals surface area (Å²) in [7, 11) is 0. The van der Waals surface area contributed by atoms with Gasteiger partial charge in [-0.05, 0) is 31.6 Å². The molecule has 2 unspecified atom stereocenters. The van der Waals surface area contributed by atoms with Crippen LogP contribution < -0.4 is 5.32 Å². The van der Waals surface area contributed by atoms with Crippen molar-refractivity contribution >= 4 is 5.97 Å². The average Bonchev–Trinajstić information content (AvgIpc) is 2.62. The molecule has 0 spiro atoms. The Labute approximate surface area is 92.6 Å². The predicted molar refractivity (Wildman–Crippen MR) is 60.7 cm³/mol. The van der Waals surface area contributed by atoms with E-state index in [1.165, 1.54) is 19.3 Å². The van der Waals surface area contributed by atoms with Crippen LogP contribution in [-0.2, 0) is 9.53 Å². The highest BCUT2D eigenvalue weighted by Gasteiger charge is 2.21. The first-order valence-electron chi connectivity index (χ1n) is 6.11. The van der Waals surface area contributed by atoms with E-state index in [-0.39, 0.29) is 5.97 Å². The highest BCUT2D eigenvalue weighted by atomic mass is 16.5. The van der Waals surface area contributed by atoms with Gasteiger partial charge >= 0.3 is 5.97 Å². The van der Waals surface area contributed by atoms with E-state index in [1.807, 2.05) is 0 Å². The second kappa shape index (κ2) is 6.83. The van der Waals surface area contributed by atoms with E-state index in [0.717, 1.165) is 18.8 Å². The maximum atomic E-state index is 11.3. The molecule has 1 N–H and O–H groups in total. The minimum absolute atomic E-state index is 0.108. The molecule has 88 valence electrons. The molecule has 1 rings (SSSR count). The Balaban J connectivity index is 2.01. The molecule has 1 aliphatic carbocycles. The Morgan fingerprint density at radius 3 is 2.87 bits per heavy atom. The van der Waals surface area contributed by atoms with Gasteiger partial charge in [0.25, 0.3) is 0 Å². The fourth-order valence-corrected chi connectivity index (χ4v) is 2.00. The van der Waals surface area contributed by atoms with E-state index in [4.69, 9.17) is 4.74 Å². The second-order valence-corrected chi connectivity index (χ2v) is 4.57. The number of carbonyl (C=O) groups excluding carboxylic acids is 1. The highest BCUT2D eigenvalue weighted by Crippen LogP contribution is 2.24. The van der Waals surface area contributed by atoms with Crippen LogP contribution in [0, 0.1) is 5.92 Å². The van der Waals surface area contributed by atoms with Gasteiger partial charge in [-0.1, -0.05) is 20.3 Å². The number of hydrogen-bond acceptors (Lipinski definition) is 3. The van der Waals surface area contributed by atoms with Gasteiger partial charge in [-0.2, -0.15) is 0 Å². The number of esters is 1. The number of rotatable bonds is 6. The number of unbranched alkanes of at least 4 members (excludes halogenated alkanes) is 1. The van der Waals surface area contributed by atoms with Gasteiger partial charge in [0, 0.05) is 6.04 Å². The van der Waals surface area contributed by atoms with Crippen molar-refractivity contribution in [1.29, 1.82) is 0 Å². The first kappa shape index (κ1) is 12.5. The molecule has 3 nitrogen and oxygen atoms in total.